The fourth-order valence-corrected chi connectivity index (χ4v) is 1.86. The first kappa shape index (κ1) is 16.4. The summed E-state index contributed by atoms with van der Waals surface area (Å²) in [7, 11) is 0. The van der Waals surface area contributed by atoms with Gasteiger partial charge in [-0.05, 0) is 67.4 Å². The molecule has 0 aromatic heterocycles. The Hall–Kier alpha value is -2.94. The maximum absolute atomic E-state index is 9.10. The second kappa shape index (κ2) is 7.90. The molecule has 0 heterocycles. The van der Waals surface area contributed by atoms with E-state index in [1.165, 1.54) is 0 Å². The van der Waals surface area contributed by atoms with Crippen LogP contribution < -0.4 is 4.74 Å². The zero-order valence-electron chi connectivity index (χ0n) is 13.2. The van der Waals surface area contributed by atoms with Gasteiger partial charge in [-0.1, -0.05) is 30.3 Å². The fourth-order valence-electron chi connectivity index (χ4n) is 1.86. The largest absolute Gasteiger partial charge is 0.508 e. The number of aryl methyl sites for hydroxylation is 2. The molecule has 0 aliphatic rings. The standard InChI is InChI=1S/C12H10O2.C8H10O/c13-10-6-8-12(9-7-10)14-11-4-2-1-3-5-11;1-6-3-4-7(2)8(9)5-6/h1-9,13H;3-5,9H,1-2H3. The van der Waals surface area contributed by atoms with Gasteiger partial charge in [0.2, 0.25) is 0 Å². The summed E-state index contributed by atoms with van der Waals surface area (Å²) in [6.45, 7) is 3.84. The van der Waals surface area contributed by atoms with Crippen LogP contribution in [0.3, 0.4) is 0 Å². The summed E-state index contributed by atoms with van der Waals surface area (Å²) in [5, 5.41) is 18.2. The summed E-state index contributed by atoms with van der Waals surface area (Å²) in [5.41, 5.74) is 2.03. The number of aromatic hydroxyl groups is 2. The Bertz CT molecular complexity index is 735. The molecule has 3 aromatic rings. The molecule has 0 aliphatic heterocycles. The zero-order chi connectivity index (χ0) is 16.7. The Morgan fingerprint density at radius 2 is 1.30 bits per heavy atom. The summed E-state index contributed by atoms with van der Waals surface area (Å²) < 4.78 is 5.52. The Balaban J connectivity index is 0.000000185. The summed E-state index contributed by atoms with van der Waals surface area (Å²) in [6, 6.07) is 21.8. The predicted octanol–water partition coefficient (Wildman–Crippen LogP) is 5.19. The van der Waals surface area contributed by atoms with Crippen LogP contribution in [0.1, 0.15) is 11.1 Å². The van der Waals surface area contributed by atoms with Crippen LogP contribution in [0.25, 0.3) is 0 Å². The molecule has 3 nitrogen and oxygen atoms in total. The van der Waals surface area contributed by atoms with Crippen LogP contribution in [0, 0.1) is 13.8 Å². The fraction of sp³-hybridized carbons (Fsp3) is 0.100. The van der Waals surface area contributed by atoms with Crippen LogP contribution in [0.5, 0.6) is 23.0 Å². The van der Waals surface area contributed by atoms with Crippen LogP contribution in [0.15, 0.2) is 72.8 Å². The van der Waals surface area contributed by atoms with Crippen molar-refractivity contribution in [2.45, 2.75) is 13.8 Å². The molecule has 0 saturated carbocycles. The van der Waals surface area contributed by atoms with E-state index in [4.69, 9.17) is 14.9 Å². The van der Waals surface area contributed by atoms with E-state index < -0.39 is 0 Å². The number of hydrogen-bond donors (Lipinski definition) is 2. The van der Waals surface area contributed by atoms with Gasteiger partial charge < -0.3 is 14.9 Å². The molecular formula is C20H20O3. The Labute approximate surface area is 136 Å². The van der Waals surface area contributed by atoms with Crippen LogP contribution >= 0.6 is 0 Å². The maximum Gasteiger partial charge on any atom is 0.127 e. The highest BCUT2D eigenvalue weighted by Crippen LogP contribution is 2.22. The Morgan fingerprint density at radius 3 is 1.87 bits per heavy atom. The van der Waals surface area contributed by atoms with Crippen molar-refractivity contribution >= 4 is 0 Å². The van der Waals surface area contributed by atoms with Gasteiger partial charge in [0.05, 0.1) is 0 Å². The van der Waals surface area contributed by atoms with Crippen LogP contribution in [0.2, 0.25) is 0 Å². The highest BCUT2D eigenvalue weighted by Gasteiger charge is 1.95. The van der Waals surface area contributed by atoms with Crippen LogP contribution in [-0.2, 0) is 0 Å². The summed E-state index contributed by atoms with van der Waals surface area (Å²) in [5.74, 6) is 2.13. The van der Waals surface area contributed by atoms with Crippen molar-refractivity contribution in [3.05, 3.63) is 83.9 Å². The van der Waals surface area contributed by atoms with E-state index >= 15 is 0 Å². The third-order valence-electron chi connectivity index (χ3n) is 3.18. The Kier molecular flexibility index (Phi) is 5.64. The van der Waals surface area contributed by atoms with E-state index in [1.54, 1.807) is 30.3 Å². The van der Waals surface area contributed by atoms with Crippen molar-refractivity contribution in [2.24, 2.45) is 0 Å². The van der Waals surface area contributed by atoms with Gasteiger partial charge in [0.25, 0.3) is 0 Å². The smallest absolute Gasteiger partial charge is 0.127 e. The molecule has 0 atom stereocenters. The van der Waals surface area contributed by atoms with Crippen LogP contribution in [-0.4, -0.2) is 10.2 Å². The van der Waals surface area contributed by atoms with Gasteiger partial charge in [-0.3, -0.25) is 0 Å². The number of hydrogen-bond acceptors (Lipinski definition) is 3. The molecule has 118 valence electrons. The van der Waals surface area contributed by atoms with Gasteiger partial charge in [0.15, 0.2) is 0 Å². The highest BCUT2D eigenvalue weighted by molar-refractivity contribution is 5.35. The average molecular weight is 308 g/mol. The van der Waals surface area contributed by atoms with Crippen molar-refractivity contribution in [1.29, 1.82) is 0 Å². The van der Waals surface area contributed by atoms with Crippen molar-refractivity contribution in [3.8, 4) is 23.0 Å². The number of phenols is 2. The van der Waals surface area contributed by atoms with Crippen molar-refractivity contribution in [1.82, 2.24) is 0 Å². The molecule has 2 N–H and O–H groups in total. The first-order valence-corrected chi connectivity index (χ1v) is 7.33. The van der Waals surface area contributed by atoms with E-state index in [9.17, 15) is 0 Å². The molecule has 0 unspecified atom stereocenters. The SMILES string of the molecule is Cc1ccc(C)c(O)c1.Oc1ccc(Oc2ccccc2)cc1. The monoisotopic (exact) mass is 308 g/mol. The van der Waals surface area contributed by atoms with Crippen molar-refractivity contribution in [2.75, 3.05) is 0 Å². The lowest BCUT2D eigenvalue weighted by molar-refractivity contribution is 0.464. The van der Waals surface area contributed by atoms with E-state index in [0.29, 0.717) is 11.5 Å². The average Bonchev–Trinajstić information content (AvgIpc) is 2.55. The van der Waals surface area contributed by atoms with Gasteiger partial charge in [0, 0.05) is 0 Å². The lowest BCUT2D eigenvalue weighted by atomic mass is 10.1. The summed E-state index contributed by atoms with van der Waals surface area (Å²) in [6.07, 6.45) is 0. The third kappa shape index (κ3) is 5.40. The second-order valence-electron chi connectivity index (χ2n) is 5.20. The highest BCUT2D eigenvalue weighted by atomic mass is 16.5. The molecular weight excluding hydrogens is 288 g/mol. The van der Waals surface area contributed by atoms with Crippen molar-refractivity contribution < 1.29 is 14.9 Å². The molecule has 0 amide bonds. The number of ether oxygens (including phenoxy) is 1. The first-order chi connectivity index (χ1) is 11.0. The maximum atomic E-state index is 9.10. The van der Waals surface area contributed by atoms with E-state index in [1.807, 2.05) is 56.3 Å². The predicted molar refractivity (Wildman–Crippen MR) is 92.2 cm³/mol. The molecule has 0 saturated heterocycles. The molecule has 3 rings (SSSR count). The van der Waals surface area contributed by atoms with Gasteiger partial charge in [0.1, 0.15) is 23.0 Å². The molecule has 0 spiro atoms. The zero-order valence-corrected chi connectivity index (χ0v) is 13.2. The topological polar surface area (TPSA) is 49.7 Å². The number of rotatable bonds is 2. The summed E-state index contributed by atoms with van der Waals surface area (Å²) >= 11 is 0. The van der Waals surface area contributed by atoms with Gasteiger partial charge in [-0.25, -0.2) is 0 Å². The second-order valence-corrected chi connectivity index (χ2v) is 5.20. The lowest BCUT2D eigenvalue weighted by Crippen LogP contribution is -1.81. The molecule has 0 aliphatic carbocycles. The summed E-state index contributed by atoms with van der Waals surface area (Å²) in [4.78, 5) is 0. The van der Waals surface area contributed by atoms with Gasteiger partial charge in [-0.15, -0.1) is 0 Å². The number of para-hydroxylation sites is 1. The van der Waals surface area contributed by atoms with Gasteiger partial charge >= 0.3 is 0 Å². The molecule has 0 bridgehead atoms. The molecule has 0 fully saturated rings. The van der Waals surface area contributed by atoms with Crippen molar-refractivity contribution in [3.63, 3.8) is 0 Å². The van der Waals surface area contributed by atoms with E-state index in [0.717, 1.165) is 16.9 Å². The molecule has 0 radical (unpaired) electrons. The third-order valence-corrected chi connectivity index (χ3v) is 3.18. The first-order valence-electron chi connectivity index (χ1n) is 7.33. The van der Waals surface area contributed by atoms with Gasteiger partial charge in [-0.2, -0.15) is 0 Å². The van der Waals surface area contributed by atoms with E-state index in [2.05, 4.69) is 0 Å². The Morgan fingerprint density at radius 1 is 0.696 bits per heavy atom. The minimum atomic E-state index is 0.241. The number of phenolic OH excluding ortho intramolecular Hbond substituents is 2. The lowest BCUT2D eigenvalue weighted by Gasteiger charge is -2.04. The minimum absolute atomic E-state index is 0.241. The van der Waals surface area contributed by atoms with E-state index in [-0.39, 0.29) is 5.75 Å². The number of benzene rings is 3. The minimum Gasteiger partial charge on any atom is -0.508 e. The normalized spacial score (nSPS) is 9.65. The molecule has 23 heavy (non-hydrogen) atoms. The van der Waals surface area contributed by atoms with Crippen LogP contribution in [0.4, 0.5) is 0 Å². The quantitative estimate of drug-likeness (QED) is 0.684. The molecule has 3 heteroatoms. The molecule has 3 aromatic carbocycles.